The van der Waals surface area contributed by atoms with Crippen LogP contribution < -0.4 is 10.6 Å². The Balaban J connectivity index is 2.18. The van der Waals surface area contributed by atoms with Crippen molar-refractivity contribution in [3.63, 3.8) is 0 Å². The number of benzene rings is 1. The fourth-order valence-electron chi connectivity index (χ4n) is 1.31. The van der Waals surface area contributed by atoms with Gasteiger partial charge in [-0.3, -0.25) is 0 Å². The molecule has 2 N–H and O–H groups in total. The Labute approximate surface area is 90.9 Å². The third-order valence-electron chi connectivity index (χ3n) is 2.10. The molecule has 3 heteroatoms. The van der Waals surface area contributed by atoms with Crippen molar-refractivity contribution in [1.82, 2.24) is 5.32 Å². The highest BCUT2D eigenvalue weighted by Gasteiger charge is 1.98. The first-order chi connectivity index (χ1) is 7.20. The zero-order valence-electron chi connectivity index (χ0n) is 9.39. The number of nitrogens with one attached hydrogen (secondary N) is 2. The number of halogens is 1. The summed E-state index contributed by atoms with van der Waals surface area (Å²) >= 11 is 0. The van der Waals surface area contributed by atoms with Crippen LogP contribution in [0.2, 0.25) is 0 Å². The van der Waals surface area contributed by atoms with Gasteiger partial charge in [0.15, 0.2) is 0 Å². The largest absolute Gasteiger partial charge is 0.383 e. The second-order valence-electron chi connectivity index (χ2n) is 3.87. The molecule has 1 aromatic carbocycles. The van der Waals surface area contributed by atoms with E-state index in [9.17, 15) is 4.39 Å². The third-order valence-corrected chi connectivity index (χ3v) is 2.10. The molecule has 0 radical (unpaired) electrons. The lowest BCUT2D eigenvalue weighted by atomic mass is 10.3. The molecule has 0 unspecified atom stereocenters. The highest BCUT2D eigenvalue weighted by Crippen LogP contribution is 2.11. The van der Waals surface area contributed by atoms with Gasteiger partial charge in [-0.25, -0.2) is 4.39 Å². The van der Waals surface area contributed by atoms with Gasteiger partial charge in [0.25, 0.3) is 0 Å². The van der Waals surface area contributed by atoms with E-state index in [4.69, 9.17) is 0 Å². The minimum absolute atomic E-state index is 0.186. The second-order valence-corrected chi connectivity index (χ2v) is 3.87. The van der Waals surface area contributed by atoms with Crippen LogP contribution in [0.1, 0.15) is 20.3 Å². The predicted octanol–water partition coefficient (Wildman–Crippen LogP) is 2.63. The third kappa shape index (κ3) is 4.79. The van der Waals surface area contributed by atoms with Crippen molar-refractivity contribution < 1.29 is 4.39 Å². The quantitative estimate of drug-likeness (QED) is 0.705. The molecule has 0 aliphatic carbocycles. The summed E-state index contributed by atoms with van der Waals surface area (Å²) in [7, 11) is 0. The van der Waals surface area contributed by atoms with Gasteiger partial charge in [-0.2, -0.15) is 0 Å². The number of hydrogen-bond acceptors (Lipinski definition) is 2. The average molecular weight is 210 g/mol. The number of para-hydroxylation sites is 1. The Bertz CT molecular complexity index is 287. The monoisotopic (exact) mass is 210 g/mol. The van der Waals surface area contributed by atoms with E-state index in [1.807, 2.05) is 6.07 Å². The van der Waals surface area contributed by atoms with Crippen LogP contribution >= 0.6 is 0 Å². The topological polar surface area (TPSA) is 24.1 Å². The molecule has 15 heavy (non-hydrogen) atoms. The smallest absolute Gasteiger partial charge is 0.146 e. The lowest BCUT2D eigenvalue weighted by Crippen LogP contribution is -2.25. The Hall–Kier alpha value is -1.09. The Morgan fingerprint density at radius 1 is 1.20 bits per heavy atom. The molecule has 0 saturated heterocycles. The molecule has 84 valence electrons. The molecule has 0 bridgehead atoms. The van der Waals surface area contributed by atoms with E-state index in [1.54, 1.807) is 12.1 Å². The maximum Gasteiger partial charge on any atom is 0.146 e. The van der Waals surface area contributed by atoms with E-state index < -0.39 is 0 Å². The van der Waals surface area contributed by atoms with E-state index in [0.29, 0.717) is 11.7 Å². The van der Waals surface area contributed by atoms with Gasteiger partial charge in [0.05, 0.1) is 5.69 Å². The van der Waals surface area contributed by atoms with Crippen molar-refractivity contribution in [2.75, 3.05) is 18.4 Å². The average Bonchev–Trinajstić information content (AvgIpc) is 2.20. The molecule has 0 aliphatic heterocycles. The van der Waals surface area contributed by atoms with Gasteiger partial charge in [0.1, 0.15) is 5.82 Å². The lowest BCUT2D eigenvalue weighted by Gasteiger charge is -2.09. The molecule has 1 rings (SSSR count). The SMILES string of the molecule is CC(C)NCCCNc1ccccc1F. The van der Waals surface area contributed by atoms with Crippen LogP contribution in [-0.4, -0.2) is 19.1 Å². The summed E-state index contributed by atoms with van der Waals surface area (Å²) in [6.45, 7) is 5.98. The number of anilines is 1. The van der Waals surface area contributed by atoms with E-state index >= 15 is 0 Å². The molecule has 0 aliphatic rings. The van der Waals surface area contributed by atoms with Crippen LogP contribution in [0.15, 0.2) is 24.3 Å². The zero-order chi connectivity index (χ0) is 11.1. The van der Waals surface area contributed by atoms with Gasteiger partial charge in [-0.05, 0) is 25.1 Å². The van der Waals surface area contributed by atoms with Crippen molar-refractivity contribution in [2.45, 2.75) is 26.3 Å². The molecule has 0 spiro atoms. The molecule has 0 amide bonds. The van der Waals surface area contributed by atoms with E-state index in [1.165, 1.54) is 6.07 Å². The normalized spacial score (nSPS) is 10.7. The fourth-order valence-corrected chi connectivity index (χ4v) is 1.31. The van der Waals surface area contributed by atoms with Crippen molar-refractivity contribution >= 4 is 5.69 Å². The van der Waals surface area contributed by atoms with Crippen molar-refractivity contribution in [1.29, 1.82) is 0 Å². The van der Waals surface area contributed by atoms with Gasteiger partial charge in [0, 0.05) is 12.6 Å². The van der Waals surface area contributed by atoms with E-state index in [2.05, 4.69) is 24.5 Å². The summed E-state index contributed by atoms with van der Waals surface area (Å²) in [6, 6.07) is 7.26. The molecule has 0 saturated carbocycles. The van der Waals surface area contributed by atoms with Crippen LogP contribution in [0.25, 0.3) is 0 Å². The summed E-state index contributed by atoms with van der Waals surface area (Å²) in [5.74, 6) is -0.186. The standard InChI is InChI=1S/C12H19FN2/c1-10(2)14-8-5-9-15-12-7-4-3-6-11(12)13/h3-4,6-7,10,14-15H,5,8-9H2,1-2H3. The fraction of sp³-hybridized carbons (Fsp3) is 0.500. The maximum atomic E-state index is 13.1. The molecule has 0 fully saturated rings. The molecule has 1 aromatic rings. The summed E-state index contributed by atoms with van der Waals surface area (Å²) < 4.78 is 13.1. The first-order valence-corrected chi connectivity index (χ1v) is 5.42. The Morgan fingerprint density at radius 2 is 1.93 bits per heavy atom. The number of rotatable bonds is 6. The van der Waals surface area contributed by atoms with E-state index in [-0.39, 0.29) is 5.82 Å². The summed E-state index contributed by atoms with van der Waals surface area (Å²) in [5, 5.41) is 6.38. The predicted molar refractivity (Wildman–Crippen MR) is 62.6 cm³/mol. The van der Waals surface area contributed by atoms with Crippen LogP contribution in [0, 0.1) is 5.82 Å². The Kier molecular flexibility index (Phi) is 5.12. The van der Waals surface area contributed by atoms with Crippen molar-refractivity contribution in [3.8, 4) is 0 Å². The minimum atomic E-state index is -0.186. The Morgan fingerprint density at radius 3 is 2.60 bits per heavy atom. The molecule has 2 nitrogen and oxygen atoms in total. The van der Waals surface area contributed by atoms with E-state index in [0.717, 1.165) is 19.5 Å². The second kappa shape index (κ2) is 6.40. The van der Waals surface area contributed by atoms with Crippen molar-refractivity contribution in [3.05, 3.63) is 30.1 Å². The highest BCUT2D eigenvalue weighted by molar-refractivity contribution is 5.44. The molecular formula is C12H19FN2. The van der Waals surface area contributed by atoms with Gasteiger partial charge in [-0.15, -0.1) is 0 Å². The van der Waals surface area contributed by atoms with Gasteiger partial charge in [-0.1, -0.05) is 26.0 Å². The first-order valence-electron chi connectivity index (χ1n) is 5.42. The first kappa shape index (κ1) is 12.0. The molecular weight excluding hydrogens is 191 g/mol. The summed E-state index contributed by atoms with van der Waals surface area (Å²) in [4.78, 5) is 0. The van der Waals surface area contributed by atoms with Crippen LogP contribution in [-0.2, 0) is 0 Å². The van der Waals surface area contributed by atoms with Crippen molar-refractivity contribution in [2.24, 2.45) is 0 Å². The summed E-state index contributed by atoms with van der Waals surface area (Å²) in [5.41, 5.74) is 0.585. The minimum Gasteiger partial charge on any atom is -0.383 e. The highest BCUT2D eigenvalue weighted by atomic mass is 19.1. The van der Waals surface area contributed by atoms with Crippen LogP contribution in [0.3, 0.4) is 0 Å². The van der Waals surface area contributed by atoms with Gasteiger partial charge < -0.3 is 10.6 Å². The molecule has 0 aromatic heterocycles. The lowest BCUT2D eigenvalue weighted by molar-refractivity contribution is 0.576. The number of hydrogen-bond donors (Lipinski definition) is 2. The van der Waals surface area contributed by atoms with Gasteiger partial charge in [0.2, 0.25) is 0 Å². The van der Waals surface area contributed by atoms with Gasteiger partial charge >= 0.3 is 0 Å². The van der Waals surface area contributed by atoms with Crippen LogP contribution in [0.4, 0.5) is 10.1 Å². The molecule has 0 heterocycles. The molecule has 0 atom stereocenters. The van der Waals surface area contributed by atoms with Crippen LogP contribution in [0.5, 0.6) is 0 Å². The summed E-state index contributed by atoms with van der Waals surface area (Å²) in [6.07, 6.45) is 0.993. The maximum absolute atomic E-state index is 13.1. The zero-order valence-corrected chi connectivity index (χ0v) is 9.39.